The molecule has 2 heterocycles. The Labute approximate surface area is 140 Å². The number of H-pyrrole nitrogens is 2. The summed E-state index contributed by atoms with van der Waals surface area (Å²) in [5.41, 5.74) is 1.00. The van der Waals surface area contributed by atoms with Gasteiger partial charge in [-0.3, -0.25) is 0 Å². The molecule has 2 aromatic rings. The number of hydrogen-bond acceptors (Lipinski definition) is 8. The maximum atomic E-state index is 10.0. The molecular formula is C12H14N4NiO6. The van der Waals surface area contributed by atoms with E-state index in [4.69, 9.17) is 10.2 Å². The third-order valence-electron chi connectivity index (χ3n) is 2.46. The maximum absolute atomic E-state index is 10.0. The Morgan fingerprint density at radius 3 is 1.52 bits per heavy atom. The van der Waals surface area contributed by atoms with Crippen molar-refractivity contribution in [1.29, 1.82) is 0 Å². The maximum Gasteiger partial charge on any atom is 2.00 e. The number of carboxylic acids is 2. The molecule has 0 saturated carbocycles. The Balaban J connectivity index is 0.000000403. The first kappa shape index (κ1) is 20.8. The molecule has 128 valence electrons. The van der Waals surface area contributed by atoms with Crippen molar-refractivity contribution in [1.82, 2.24) is 19.9 Å². The van der Waals surface area contributed by atoms with Crippen molar-refractivity contribution in [2.45, 2.75) is 25.0 Å². The van der Waals surface area contributed by atoms with Crippen molar-refractivity contribution in [2.24, 2.45) is 0 Å². The minimum atomic E-state index is -1.48. The van der Waals surface area contributed by atoms with Crippen molar-refractivity contribution in [3.05, 3.63) is 36.4 Å². The molecule has 2 atom stereocenters. The Kier molecular flexibility index (Phi) is 9.48. The van der Waals surface area contributed by atoms with Crippen LogP contribution >= 0.6 is 0 Å². The summed E-state index contributed by atoms with van der Waals surface area (Å²) in [6.45, 7) is 0. The normalized spacial score (nSPS) is 12.3. The molecule has 0 fully saturated rings. The van der Waals surface area contributed by atoms with Crippen LogP contribution in [0, 0.1) is 0 Å². The average molecular weight is 369 g/mol. The van der Waals surface area contributed by atoms with Crippen molar-refractivity contribution in [2.75, 3.05) is 0 Å². The third-order valence-corrected chi connectivity index (χ3v) is 2.46. The van der Waals surface area contributed by atoms with Crippen molar-refractivity contribution in [3.8, 4) is 0 Å². The molecule has 0 aliphatic heterocycles. The van der Waals surface area contributed by atoms with Gasteiger partial charge in [-0.05, 0) is 0 Å². The standard InChI is InChI=1S/2C6H8N2O3.Ni/c2*9-5(6(10)11)1-4-2-7-3-8-4;/h2*2-3,5,9H,1H2,(H,7,8)(H,10,11);/q;;+2/p-2/t2*5-;/m00./s1. The first-order valence-electron chi connectivity index (χ1n) is 6.13. The third kappa shape index (κ3) is 8.10. The van der Waals surface area contributed by atoms with E-state index in [2.05, 4.69) is 19.9 Å². The predicted octanol–water partition coefficient (Wildman–Crippen LogP) is -3.88. The molecule has 0 aromatic carbocycles. The zero-order chi connectivity index (χ0) is 16.5. The fraction of sp³-hybridized carbons (Fsp3) is 0.333. The number of carboxylic acid groups (broad SMARTS) is 2. The van der Waals surface area contributed by atoms with E-state index in [9.17, 15) is 19.8 Å². The number of hydrogen-bond donors (Lipinski definition) is 4. The van der Waals surface area contributed by atoms with Crippen LogP contribution in [0.1, 0.15) is 11.4 Å². The van der Waals surface area contributed by atoms with Gasteiger partial charge < -0.3 is 40.0 Å². The summed E-state index contributed by atoms with van der Waals surface area (Å²) in [5.74, 6) is -2.96. The molecule has 2 aromatic heterocycles. The van der Waals surface area contributed by atoms with Crippen LogP contribution in [-0.2, 0) is 38.9 Å². The van der Waals surface area contributed by atoms with Gasteiger partial charge in [0.25, 0.3) is 0 Å². The summed E-state index contributed by atoms with van der Waals surface area (Å²) in [6.07, 6.45) is 2.88. The molecular weight excluding hydrogens is 355 g/mol. The molecule has 0 aliphatic carbocycles. The van der Waals surface area contributed by atoms with Gasteiger partial charge >= 0.3 is 16.5 Å². The summed E-state index contributed by atoms with van der Waals surface area (Å²) in [4.78, 5) is 32.8. The number of aromatic nitrogens is 4. The number of aromatic amines is 2. The first-order chi connectivity index (χ1) is 10.4. The van der Waals surface area contributed by atoms with Gasteiger partial charge in [0, 0.05) is 25.2 Å². The van der Waals surface area contributed by atoms with E-state index in [-0.39, 0.29) is 29.3 Å². The topological polar surface area (TPSA) is 178 Å². The van der Waals surface area contributed by atoms with E-state index in [0.29, 0.717) is 11.4 Å². The van der Waals surface area contributed by atoms with Gasteiger partial charge in [0.2, 0.25) is 0 Å². The summed E-state index contributed by atoms with van der Waals surface area (Å²) in [7, 11) is 0. The second-order valence-electron chi connectivity index (χ2n) is 4.20. The molecule has 0 radical (unpaired) electrons. The van der Waals surface area contributed by atoms with Crippen LogP contribution in [-0.4, -0.2) is 54.3 Å². The quantitative estimate of drug-likeness (QED) is 0.374. The number of nitrogens with one attached hydrogen (secondary N) is 2. The van der Waals surface area contributed by atoms with E-state index >= 15 is 0 Å². The van der Waals surface area contributed by atoms with E-state index in [1.807, 2.05) is 0 Å². The Bertz CT molecular complexity index is 522. The molecule has 4 N–H and O–H groups in total. The van der Waals surface area contributed by atoms with Crippen LogP contribution in [0.4, 0.5) is 0 Å². The van der Waals surface area contributed by atoms with E-state index in [1.54, 1.807) is 0 Å². The van der Waals surface area contributed by atoms with Crippen LogP contribution in [0.15, 0.2) is 25.0 Å². The van der Waals surface area contributed by atoms with Crippen molar-refractivity contribution in [3.63, 3.8) is 0 Å². The van der Waals surface area contributed by atoms with Gasteiger partial charge in [-0.15, -0.1) is 0 Å². The molecule has 0 saturated heterocycles. The molecule has 0 amide bonds. The average Bonchev–Trinajstić information content (AvgIpc) is 3.12. The van der Waals surface area contributed by atoms with Crippen molar-refractivity contribution >= 4 is 11.9 Å². The van der Waals surface area contributed by atoms with Crippen LogP contribution in [0.5, 0.6) is 0 Å². The number of imidazole rings is 2. The number of rotatable bonds is 6. The molecule has 0 unspecified atom stereocenters. The summed E-state index contributed by atoms with van der Waals surface area (Å²) in [5, 5.41) is 37.6. The van der Waals surface area contributed by atoms with Gasteiger partial charge in [-0.1, -0.05) is 0 Å². The van der Waals surface area contributed by atoms with Gasteiger partial charge in [0.05, 0.1) is 48.2 Å². The summed E-state index contributed by atoms with van der Waals surface area (Å²) < 4.78 is 0. The van der Waals surface area contributed by atoms with Crippen molar-refractivity contribution < 1.29 is 46.5 Å². The minimum Gasteiger partial charge on any atom is -0.547 e. The number of carbonyl (C=O) groups is 2. The number of nitrogens with zero attached hydrogens (tertiary/aromatic N) is 2. The minimum absolute atomic E-state index is 0. The fourth-order valence-electron chi connectivity index (χ4n) is 1.37. The molecule has 0 spiro atoms. The monoisotopic (exact) mass is 368 g/mol. The summed E-state index contributed by atoms with van der Waals surface area (Å²) >= 11 is 0. The Morgan fingerprint density at radius 2 is 1.30 bits per heavy atom. The van der Waals surface area contributed by atoms with E-state index in [1.165, 1.54) is 25.0 Å². The number of aliphatic hydroxyl groups is 2. The van der Waals surface area contributed by atoms with E-state index < -0.39 is 24.1 Å². The van der Waals surface area contributed by atoms with Crippen LogP contribution < -0.4 is 10.2 Å². The van der Waals surface area contributed by atoms with Crippen LogP contribution in [0.3, 0.4) is 0 Å². The smallest absolute Gasteiger partial charge is 0.547 e. The molecule has 11 heteroatoms. The fourth-order valence-corrected chi connectivity index (χ4v) is 1.37. The molecule has 10 nitrogen and oxygen atoms in total. The summed E-state index contributed by atoms with van der Waals surface area (Å²) in [6, 6.07) is 0. The number of carbonyl (C=O) groups excluding carboxylic acids is 2. The predicted molar refractivity (Wildman–Crippen MR) is 66.6 cm³/mol. The Morgan fingerprint density at radius 1 is 0.957 bits per heavy atom. The molecule has 2 rings (SSSR count). The van der Waals surface area contributed by atoms with Gasteiger partial charge in [-0.25, -0.2) is 9.97 Å². The molecule has 23 heavy (non-hydrogen) atoms. The van der Waals surface area contributed by atoms with E-state index in [0.717, 1.165) is 0 Å². The second kappa shape index (κ2) is 10.5. The van der Waals surface area contributed by atoms with Crippen LogP contribution in [0.25, 0.3) is 0 Å². The zero-order valence-electron chi connectivity index (χ0n) is 11.6. The molecule has 0 aliphatic rings. The number of aliphatic carboxylic acids is 2. The zero-order valence-corrected chi connectivity index (χ0v) is 12.6. The van der Waals surface area contributed by atoms with Gasteiger partial charge in [-0.2, -0.15) is 0 Å². The SMILES string of the molecule is O=C([O-])[C@@H](O)Cc1c[nH]cn1.O=C([O-])[C@@H](O)Cc1c[nH]cn1.[Ni+2]. The van der Waals surface area contributed by atoms with Gasteiger partial charge in [0.1, 0.15) is 0 Å². The Hall–Kier alpha value is -2.23. The number of aliphatic hydroxyl groups excluding tert-OH is 2. The first-order valence-corrected chi connectivity index (χ1v) is 6.13. The second-order valence-corrected chi connectivity index (χ2v) is 4.20. The molecule has 0 bridgehead atoms. The van der Waals surface area contributed by atoms with Gasteiger partial charge in [0.15, 0.2) is 0 Å². The van der Waals surface area contributed by atoms with Crippen LogP contribution in [0.2, 0.25) is 0 Å². The largest absolute Gasteiger partial charge is 2.00 e.